The molecular weight excluding hydrogens is 884 g/mol. The van der Waals surface area contributed by atoms with Crippen LogP contribution < -0.4 is 22.0 Å². The molecule has 6 heterocycles. The molecule has 1 aliphatic carbocycles. The number of nitrogens with one attached hydrogen (secondary N) is 1. The minimum atomic E-state index is -2.32. The van der Waals surface area contributed by atoms with Gasteiger partial charge in [-0.1, -0.05) is 67.6 Å². The number of likely N-dealkylation sites (N-methyl/N-ethyl adjacent to an activating group) is 1. The van der Waals surface area contributed by atoms with Crippen molar-refractivity contribution in [2.24, 2.45) is 11.3 Å². The van der Waals surface area contributed by atoms with Crippen molar-refractivity contribution in [1.29, 1.82) is 0 Å². The Kier molecular flexibility index (Phi) is 12.0. The van der Waals surface area contributed by atoms with Gasteiger partial charge in [-0.15, -0.1) is 0 Å². The first kappa shape index (κ1) is 48.1. The van der Waals surface area contributed by atoms with Gasteiger partial charge in [0.15, 0.2) is 6.10 Å². The summed E-state index contributed by atoms with van der Waals surface area (Å²) in [4.78, 5) is 51.7. The summed E-state index contributed by atoms with van der Waals surface area (Å²) in [5.41, 5.74) is -0.647. The highest BCUT2D eigenvalue weighted by atomic mass is 35.5. The van der Waals surface area contributed by atoms with Crippen LogP contribution >= 0.6 is 0 Å². The summed E-state index contributed by atoms with van der Waals surface area (Å²) in [5.74, 6) is -1.65. The SMILES string of the molecule is CC[C@]12C=CCN3CC[C@@]4(c5cc([C@@]6(C(=O)OC)C[C@H]7C[C@](C)(O)C[N+]([C@@H](C)c8ccccc8)(CCCc8c6[nH]c6ccccc86)C7)c(OC)cc5N(C)[C@H]4[C@@](O)(C(=O)OC)[C@@H]1OC(C)=O)[C@@H]32.[Cl-]. The number of quaternary nitrogens is 1. The maximum absolute atomic E-state index is 15.8. The predicted octanol–water partition coefficient (Wildman–Crippen LogP) is 3.27. The van der Waals surface area contributed by atoms with E-state index in [1.807, 2.05) is 50.1 Å². The normalized spacial score (nSPS) is 35.2. The van der Waals surface area contributed by atoms with E-state index in [1.165, 1.54) is 26.7 Å². The highest BCUT2D eigenvalue weighted by molar-refractivity contribution is 5.95. The lowest BCUT2D eigenvalue weighted by atomic mass is 9.47. The number of hydrogen-bond donors (Lipinski definition) is 3. The Labute approximate surface area is 405 Å². The number of nitrogens with zero attached hydrogens (tertiary/aromatic N) is 3. The first-order chi connectivity index (χ1) is 32.0. The van der Waals surface area contributed by atoms with Gasteiger partial charge in [-0.2, -0.15) is 0 Å². The zero-order valence-corrected chi connectivity index (χ0v) is 41.4. The lowest BCUT2D eigenvalue weighted by Crippen LogP contribution is -3.00. The topological polar surface area (TPSA) is 151 Å². The molecule has 3 fully saturated rings. The predicted molar refractivity (Wildman–Crippen MR) is 254 cm³/mol. The highest BCUT2D eigenvalue weighted by Gasteiger charge is 2.80. The molecule has 1 saturated carbocycles. The second-order valence-corrected chi connectivity index (χ2v) is 21.1. The summed E-state index contributed by atoms with van der Waals surface area (Å²) in [6.07, 6.45) is 6.10. The molecule has 4 aromatic rings. The maximum atomic E-state index is 15.8. The van der Waals surface area contributed by atoms with Crippen LogP contribution in [0.15, 0.2) is 78.9 Å². The largest absolute Gasteiger partial charge is 1.00 e. The van der Waals surface area contributed by atoms with E-state index in [9.17, 15) is 19.8 Å². The van der Waals surface area contributed by atoms with E-state index in [1.54, 1.807) is 7.11 Å². The molecule has 10 rings (SSSR count). The number of benzene rings is 3. The number of halogens is 1. The summed E-state index contributed by atoms with van der Waals surface area (Å²) in [6.45, 7) is 11.0. The third kappa shape index (κ3) is 6.51. The lowest BCUT2D eigenvalue weighted by molar-refractivity contribution is -0.968. The van der Waals surface area contributed by atoms with E-state index in [4.69, 9.17) is 18.9 Å². The zero-order valence-electron chi connectivity index (χ0n) is 40.6. The van der Waals surface area contributed by atoms with Crippen molar-refractivity contribution < 1.29 is 60.4 Å². The zero-order chi connectivity index (χ0) is 47.5. The molecule has 14 heteroatoms. The molecule has 1 aromatic heterocycles. The number of aliphatic hydroxyl groups is 2. The fourth-order valence-electron chi connectivity index (χ4n) is 15.6. The third-order valence-corrected chi connectivity index (χ3v) is 17.7. The van der Waals surface area contributed by atoms with Gasteiger partial charge in [0.1, 0.15) is 29.4 Å². The second kappa shape index (κ2) is 16.9. The van der Waals surface area contributed by atoms with E-state index in [2.05, 4.69) is 71.4 Å². The Balaban J connectivity index is 0.00000578. The molecule has 3 aromatic carbocycles. The number of carbonyl (C=O) groups excluding carboxylic acids is 3. The molecule has 1 unspecified atom stereocenters. The number of piperidine rings is 1. The van der Waals surface area contributed by atoms with Gasteiger partial charge in [0.05, 0.1) is 40.5 Å². The molecule has 2 bridgehead atoms. The Morgan fingerprint density at radius 2 is 1.68 bits per heavy atom. The van der Waals surface area contributed by atoms with Crippen molar-refractivity contribution in [3.05, 3.63) is 107 Å². The van der Waals surface area contributed by atoms with Crippen LogP contribution in [0, 0.1) is 11.3 Å². The molecule has 68 heavy (non-hydrogen) atoms. The number of hydrogen-bond acceptors (Lipinski definition) is 11. The van der Waals surface area contributed by atoms with Crippen molar-refractivity contribution in [2.45, 2.75) is 112 Å². The Bertz CT molecular complexity index is 2670. The van der Waals surface area contributed by atoms with Gasteiger partial charge >= 0.3 is 17.9 Å². The molecule has 0 amide bonds. The minimum Gasteiger partial charge on any atom is -1.00 e. The number of para-hydroxylation sites is 1. The number of aromatic amines is 1. The van der Waals surface area contributed by atoms with Crippen LogP contribution in [-0.2, 0) is 45.8 Å². The van der Waals surface area contributed by atoms with E-state index in [0.717, 1.165) is 52.9 Å². The van der Waals surface area contributed by atoms with Gasteiger partial charge in [-0.05, 0) is 75.8 Å². The van der Waals surface area contributed by atoms with Crippen LogP contribution in [0.25, 0.3) is 10.9 Å². The first-order valence-corrected chi connectivity index (χ1v) is 24.2. The van der Waals surface area contributed by atoms with Crippen LogP contribution in [0.2, 0.25) is 0 Å². The van der Waals surface area contributed by atoms with Crippen molar-refractivity contribution in [3.63, 3.8) is 0 Å². The molecule has 5 aliphatic heterocycles. The van der Waals surface area contributed by atoms with Crippen LogP contribution in [0.1, 0.15) is 93.8 Å². The number of aryl methyl sites for hydroxylation is 1. The number of anilines is 1. The first-order valence-electron chi connectivity index (χ1n) is 24.2. The lowest BCUT2D eigenvalue weighted by Gasteiger charge is -2.63. The number of ether oxygens (including phenoxy) is 4. The summed E-state index contributed by atoms with van der Waals surface area (Å²) in [5, 5.41) is 27.0. The third-order valence-electron chi connectivity index (χ3n) is 17.7. The summed E-state index contributed by atoms with van der Waals surface area (Å²) in [7, 11) is 6.21. The van der Waals surface area contributed by atoms with Gasteiger partial charge in [0.2, 0.25) is 5.60 Å². The Hall–Kier alpha value is -4.92. The molecule has 6 aliphatic rings. The monoisotopic (exact) mass is 950 g/mol. The van der Waals surface area contributed by atoms with Crippen molar-refractivity contribution in [1.82, 2.24) is 9.88 Å². The Morgan fingerprint density at radius 3 is 2.37 bits per heavy atom. The van der Waals surface area contributed by atoms with Gasteiger partial charge < -0.3 is 55.9 Å². The standard InChI is InChI=1S/C54H67N4O9.ClH/c1-9-51-22-16-24-57-25-23-52(45(51)57)39-27-40(43(64-6)28-42(39)56(5)46(52)54(63,49(61)66-8)47(51)67-34(3)59)53(48(60)65-7)30-35-29-50(4,62)32-58(31-35,33(2)36-17-11-10-12-18-36)26-15-20-38-37-19-13-14-21-41(37)55-44(38)53;/h10-14,16-19,21-22,27-28,33,35,45-47,55,62-63H,9,15,20,23-26,29-32H2,1-8H3;1H/q+1;/p-1/t33-,35+,45-,46+,47+,50-,51+,52+,53-,54-,58?;/m0./s1. The molecule has 1 spiro atoms. The average molecular weight is 952 g/mol. The number of aromatic nitrogens is 1. The van der Waals surface area contributed by atoms with Gasteiger partial charge in [0.25, 0.3) is 0 Å². The Morgan fingerprint density at radius 1 is 0.956 bits per heavy atom. The van der Waals surface area contributed by atoms with Crippen molar-refractivity contribution in [3.8, 4) is 5.75 Å². The number of carbonyl (C=O) groups is 3. The number of esters is 3. The molecule has 3 N–H and O–H groups in total. The smallest absolute Gasteiger partial charge is 0.344 e. The van der Waals surface area contributed by atoms with E-state index < -0.39 is 57.5 Å². The summed E-state index contributed by atoms with van der Waals surface area (Å²) < 4.78 is 25.0. The van der Waals surface area contributed by atoms with E-state index in [0.29, 0.717) is 67.5 Å². The average Bonchev–Trinajstić information content (AvgIpc) is 3.97. The van der Waals surface area contributed by atoms with Gasteiger partial charge in [-0.25, -0.2) is 4.79 Å². The second-order valence-electron chi connectivity index (χ2n) is 21.1. The maximum Gasteiger partial charge on any atom is 0.344 e. The molecule has 13 nitrogen and oxygen atoms in total. The fraction of sp³-hybridized carbons (Fsp3) is 0.537. The van der Waals surface area contributed by atoms with Crippen molar-refractivity contribution in [2.75, 3.05) is 66.0 Å². The van der Waals surface area contributed by atoms with E-state index >= 15 is 4.79 Å². The van der Waals surface area contributed by atoms with Gasteiger partial charge in [0, 0.05) is 89.2 Å². The molecule has 11 atom stereocenters. The number of rotatable bonds is 8. The minimum absolute atomic E-state index is 0. The quantitative estimate of drug-likeness (QED) is 0.103. The van der Waals surface area contributed by atoms with Crippen molar-refractivity contribution >= 4 is 34.5 Å². The van der Waals surface area contributed by atoms with Crippen LogP contribution in [0.5, 0.6) is 5.75 Å². The summed E-state index contributed by atoms with van der Waals surface area (Å²) in [6, 6.07) is 21.7. The van der Waals surface area contributed by atoms with Crippen LogP contribution in [0.4, 0.5) is 5.69 Å². The molecule has 364 valence electrons. The van der Waals surface area contributed by atoms with Gasteiger partial charge in [-0.3, -0.25) is 14.5 Å². The van der Waals surface area contributed by atoms with Crippen LogP contribution in [0.3, 0.4) is 0 Å². The number of H-pyrrole nitrogens is 1. The number of methoxy groups -OCH3 is 3. The molecule has 0 radical (unpaired) electrons. The molecular formula is C54H67ClN4O9. The summed E-state index contributed by atoms with van der Waals surface area (Å²) >= 11 is 0. The van der Waals surface area contributed by atoms with E-state index in [-0.39, 0.29) is 30.4 Å². The van der Waals surface area contributed by atoms with Crippen LogP contribution in [-0.4, -0.2) is 133 Å². The highest BCUT2D eigenvalue weighted by Crippen LogP contribution is 2.68. The molecule has 2 saturated heterocycles. The fourth-order valence-corrected chi connectivity index (χ4v) is 15.6. The number of fused-ring (bicyclic) bond motifs is 6.